The van der Waals surface area contributed by atoms with Crippen LogP contribution in [0.4, 0.5) is 8.78 Å². The average Bonchev–Trinajstić information content (AvgIpc) is 2.57. The fourth-order valence-corrected chi connectivity index (χ4v) is 1.90. The quantitative estimate of drug-likeness (QED) is 0.799. The van der Waals surface area contributed by atoms with Gasteiger partial charge in [-0.2, -0.15) is 0 Å². The van der Waals surface area contributed by atoms with Crippen LogP contribution in [0.15, 0.2) is 12.1 Å². The van der Waals surface area contributed by atoms with Crippen LogP contribution in [0.2, 0.25) is 0 Å². The smallest absolute Gasteiger partial charge is 0.481 e. The molecule has 0 radical (unpaired) electrons. The van der Waals surface area contributed by atoms with Gasteiger partial charge in [-0.15, -0.1) is 0 Å². The average molecular weight is 285 g/mol. The van der Waals surface area contributed by atoms with E-state index >= 15 is 0 Å². The Morgan fingerprint density at radius 3 is 2.15 bits per heavy atom. The second-order valence-electron chi connectivity index (χ2n) is 5.72. The summed E-state index contributed by atoms with van der Waals surface area (Å²) in [5, 5.41) is 0. The molecule has 1 aromatic rings. The highest BCUT2D eigenvalue weighted by Gasteiger charge is 2.52. The molecule has 0 atom stereocenters. The molecule has 1 fully saturated rings. The summed E-state index contributed by atoms with van der Waals surface area (Å²) in [6, 6.07) is 2.77. The fraction of sp³-hybridized carbons (Fsp3) is 0.615. The molecule has 1 aliphatic heterocycles. The molecule has 20 heavy (non-hydrogen) atoms. The normalized spacial score (nSPS) is 20.5. The van der Waals surface area contributed by atoms with E-state index in [1.165, 1.54) is 19.2 Å². The summed E-state index contributed by atoms with van der Waals surface area (Å²) >= 11 is 0. The summed E-state index contributed by atoms with van der Waals surface area (Å²) in [5.74, 6) is 0.0984. The number of hydrogen-bond donors (Lipinski definition) is 0. The van der Waals surface area contributed by atoms with Crippen molar-refractivity contribution in [3.8, 4) is 5.88 Å². The molecular weight excluding hydrogens is 267 g/mol. The minimum Gasteiger partial charge on any atom is -0.481 e. The van der Waals surface area contributed by atoms with Gasteiger partial charge in [0, 0.05) is 5.46 Å². The van der Waals surface area contributed by atoms with Crippen molar-refractivity contribution in [3.05, 3.63) is 17.8 Å². The van der Waals surface area contributed by atoms with Crippen molar-refractivity contribution in [1.29, 1.82) is 0 Å². The molecule has 0 aromatic carbocycles. The Balaban J connectivity index is 2.35. The maximum Gasteiger partial charge on any atom is 0.500 e. The van der Waals surface area contributed by atoms with Crippen LogP contribution in [0, 0.1) is 0 Å². The van der Waals surface area contributed by atoms with Crippen molar-refractivity contribution in [3.63, 3.8) is 0 Å². The summed E-state index contributed by atoms with van der Waals surface area (Å²) in [6.07, 6.45) is -2.64. The van der Waals surface area contributed by atoms with Crippen LogP contribution in [0.1, 0.15) is 39.8 Å². The molecule has 4 nitrogen and oxygen atoms in total. The number of aromatic nitrogens is 1. The van der Waals surface area contributed by atoms with E-state index in [0.717, 1.165) is 0 Å². The predicted molar refractivity (Wildman–Crippen MR) is 71.5 cm³/mol. The van der Waals surface area contributed by atoms with Crippen molar-refractivity contribution in [2.45, 2.75) is 45.3 Å². The van der Waals surface area contributed by atoms with Crippen LogP contribution < -0.4 is 10.2 Å². The molecular formula is C13H18BF2NO3. The Kier molecular flexibility index (Phi) is 3.77. The maximum absolute atomic E-state index is 12.7. The molecule has 0 unspecified atom stereocenters. The summed E-state index contributed by atoms with van der Waals surface area (Å²) < 4.78 is 42.1. The number of rotatable bonds is 3. The van der Waals surface area contributed by atoms with Gasteiger partial charge in [0.05, 0.1) is 18.3 Å². The largest absolute Gasteiger partial charge is 0.500 e. The van der Waals surface area contributed by atoms with E-state index in [4.69, 9.17) is 14.0 Å². The second kappa shape index (κ2) is 4.97. The highest BCUT2D eigenvalue weighted by Crippen LogP contribution is 2.37. The summed E-state index contributed by atoms with van der Waals surface area (Å²) in [7, 11) is 0.695. The highest BCUT2D eigenvalue weighted by molar-refractivity contribution is 6.63. The summed E-state index contributed by atoms with van der Waals surface area (Å²) in [6.45, 7) is 7.67. The van der Waals surface area contributed by atoms with E-state index in [-0.39, 0.29) is 11.6 Å². The van der Waals surface area contributed by atoms with Crippen LogP contribution >= 0.6 is 0 Å². The molecule has 1 saturated heterocycles. The topological polar surface area (TPSA) is 40.6 Å². The van der Waals surface area contributed by atoms with Gasteiger partial charge in [-0.3, -0.25) is 0 Å². The molecule has 0 bridgehead atoms. The zero-order valence-corrected chi connectivity index (χ0v) is 12.2. The summed E-state index contributed by atoms with van der Waals surface area (Å²) in [5.41, 5.74) is -0.841. The van der Waals surface area contributed by atoms with E-state index in [1.54, 1.807) is 0 Å². The van der Waals surface area contributed by atoms with Crippen molar-refractivity contribution in [1.82, 2.24) is 4.98 Å². The number of methoxy groups -OCH3 is 1. The molecule has 7 heteroatoms. The Morgan fingerprint density at radius 1 is 1.15 bits per heavy atom. The van der Waals surface area contributed by atoms with Crippen LogP contribution in [-0.4, -0.2) is 30.4 Å². The molecule has 110 valence electrons. The Morgan fingerprint density at radius 2 is 1.70 bits per heavy atom. The van der Waals surface area contributed by atoms with Gasteiger partial charge in [0.15, 0.2) is 0 Å². The van der Waals surface area contributed by atoms with Crippen molar-refractivity contribution < 1.29 is 22.8 Å². The molecule has 0 amide bonds. The van der Waals surface area contributed by atoms with Gasteiger partial charge in [0.25, 0.3) is 6.43 Å². The van der Waals surface area contributed by atoms with Gasteiger partial charge in [-0.25, -0.2) is 13.8 Å². The first-order valence-corrected chi connectivity index (χ1v) is 6.36. The maximum atomic E-state index is 12.7. The lowest BCUT2D eigenvalue weighted by molar-refractivity contribution is 0.00578. The lowest BCUT2D eigenvalue weighted by Gasteiger charge is -2.32. The van der Waals surface area contributed by atoms with Gasteiger partial charge in [0.2, 0.25) is 5.88 Å². The Labute approximate surface area is 117 Å². The van der Waals surface area contributed by atoms with E-state index in [1.807, 2.05) is 27.7 Å². The highest BCUT2D eigenvalue weighted by atomic mass is 19.3. The van der Waals surface area contributed by atoms with Crippen molar-refractivity contribution in [2.24, 2.45) is 0 Å². The van der Waals surface area contributed by atoms with Crippen LogP contribution in [-0.2, 0) is 9.31 Å². The first-order valence-electron chi connectivity index (χ1n) is 6.36. The zero-order chi connectivity index (χ0) is 15.1. The van der Waals surface area contributed by atoms with Crippen molar-refractivity contribution >= 4 is 12.6 Å². The predicted octanol–water partition coefficient (Wildman–Crippen LogP) is 2.33. The Bertz CT molecular complexity index is 492. The van der Waals surface area contributed by atoms with Crippen LogP contribution in [0.3, 0.4) is 0 Å². The van der Waals surface area contributed by atoms with Gasteiger partial charge in [-0.05, 0) is 33.8 Å². The number of nitrogens with zero attached hydrogens (tertiary/aromatic N) is 1. The fourth-order valence-electron chi connectivity index (χ4n) is 1.90. The van der Waals surface area contributed by atoms with E-state index in [2.05, 4.69) is 4.98 Å². The molecule has 0 spiro atoms. The first kappa shape index (κ1) is 15.2. The Hall–Kier alpha value is -1.21. The molecule has 0 aliphatic carbocycles. The minimum absolute atomic E-state index is 0.0984. The third kappa shape index (κ3) is 2.52. The van der Waals surface area contributed by atoms with E-state index < -0.39 is 24.7 Å². The second-order valence-corrected chi connectivity index (χ2v) is 5.72. The number of alkyl halides is 2. The van der Waals surface area contributed by atoms with Crippen molar-refractivity contribution in [2.75, 3.05) is 7.11 Å². The molecule has 1 aliphatic rings. The number of halogens is 2. The standard InChI is InChI=1S/C13H18BF2NO3/c1-12(2)13(3,4)20-14(19-12)8-6-7-9(10(15)16)17-11(8)18-5/h6-7,10H,1-5H3. The molecule has 2 heterocycles. The van der Waals surface area contributed by atoms with Crippen LogP contribution in [0.5, 0.6) is 5.88 Å². The third-order valence-electron chi connectivity index (χ3n) is 3.84. The number of ether oxygens (including phenoxy) is 1. The van der Waals surface area contributed by atoms with Gasteiger partial charge in [0.1, 0.15) is 5.69 Å². The van der Waals surface area contributed by atoms with Gasteiger partial charge < -0.3 is 14.0 Å². The molecule has 2 rings (SSSR count). The molecule has 0 N–H and O–H groups in total. The molecule has 0 saturated carbocycles. The van der Waals surface area contributed by atoms with Crippen LogP contribution in [0.25, 0.3) is 0 Å². The van der Waals surface area contributed by atoms with Gasteiger partial charge in [-0.1, -0.05) is 6.07 Å². The lowest BCUT2D eigenvalue weighted by atomic mass is 9.79. The van der Waals surface area contributed by atoms with Gasteiger partial charge >= 0.3 is 7.12 Å². The number of pyridine rings is 1. The third-order valence-corrected chi connectivity index (χ3v) is 3.84. The summed E-state index contributed by atoms with van der Waals surface area (Å²) in [4.78, 5) is 3.80. The van der Waals surface area contributed by atoms with E-state index in [9.17, 15) is 8.78 Å². The number of hydrogen-bond acceptors (Lipinski definition) is 4. The zero-order valence-electron chi connectivity index (χ0n) is 12.2. The minimum atomic E-state index is -2.64. The SMILES string of the molecule is COc1nc(C(F)F)ccc1B1OC(C)(C)C(C)(C)O1. The monoisotopic (exact) mass is 285 g/mol. The lowest BCUT2D eigenvalue weighted by Crippen LogP contribution is -2.41. The van der Waals surface area contributed by atoms with E-state index in [0.29, 0.717) is 5.46 Å². The first-order chi connectivity index (χ1) is 9.18. The molecule has 1 aromatic heterocycles.